The third kappa shape index (κ3) is 1.95. The van der Waals surface area contributed by atoms with Gasteiger partial charge in [0, 0.05) is 0 Å². The molecule has 4 nitrogen and oxygen atoms in total. The first-order chi connectivity index (χ1) is 5.34. The number of hydrogen-bond acceptors (Lipinski definition) is 3. The van der Waals surface area contributed by atoms with Crippen molar-refractivity contribution in [2.45, 2.75) is 32.4 Å². The summed E-state index contributed by atoms with van der Waals surface area (Å²) in [6.45, 7) is 4.82. The van der Waals surface area contributed by atoms with E-state index >= 15 is 0 Å². The molecule has 0 radical (unpaired) electrons. The van der Waals surface area contributed by atoms with E-state index in [4.69, 9.17) is 10.4 Å². The lowest BCUT2D eigenvalue weighted by molar-refractivity contribution is -0.149. The summed E-state index contributed by atoms with van der Waals surface area (Å²) >= 11 is 0. The number of carboxylic acids is 1. The summed E-state index contributed by atoms with van der Waals surface area (Å²) in [5, 5.41) is 17.4. The minimum absolute atomic E-state index is 0.393. The van der Waals surface area contributed by atoms with E-state index in [0.717, 1.165) is 0 Å². The molecule has 0 bridgehead atoms. The summed E-state index contributed by atoms with van der Waals surface area (Å²) in [5.41, 5.74) is -0.991. The van der Waals surface area contributed by atoms with Gasteiger partial charge in [0.2, 0.25) is 0 Å². The van der Waals surface area contributed by atoms with Gasteiger partial charge in [0.05, 0.1) is 12.1 Å². The third-order valence-electron chi connectivity index (χ3n) is 2.17. The van der Waals surface area contributed by atoms with Crippen molar-refractivity contribution < 1.29 is 9.90 Å². The van der Waals surface area contributed by atoms with Crippen LogP contribution in [0.15, 0.2) is 0 Å². The van der Waals surface area contributed by atoms with E-state index in [1.807, 2.05) is 6.07 Å². The van der Waals surface area contributed by atoms with E-state index in [2.05, 4.69) is 0 Å². The van der Waals surface area contributed by atoms with Gasteiger partial charge in [0.25, 0.3) is 0 Å². The minimum Gasteiger partial charge on any atom is -0.480 e. The van der Waals surface area contributed by atoms with E-state index in [1.165, 1.54) is 4.90 Å². The largest absolute Gasteiger partial charge is 0.480 e. The van der Waals surface area contributed by atoms with Gasteiger partial charge < -0.3 is 5.11 Å². The van der Waals surface area contributed by atoms with Crippen LogP contribution in [0, 0.1) is 11.3 Å². The van der Waals surface area contributed by atoms with Gasteiger partial charge in [-0.3, -0.25) is 9.69 Å². The summed E-state index contributed by atoms with van der Waals surface area (Å²) in [6, 6.07) is 1.60. The summed E-state index contributed by atoms with van der Waals surface area (Å²) in [6.07, 6.45) is 0. The van der Waals surface area contributed by atoms with Gasteiger partial charge >= 0.3 is 5.97 Å². The van der Waals surface area contributed by atoms with Gasteiger partial charge in [0.15, 0.2) is 0 Å². The van der Waals surface area contributed by atoms with Gasteiger partial charge in [-0.1, -0.05) is 0 Å². The van der Waals surface area contributed by atoms with Crippen molar-refractivity contribution >= 4 is 5.97 Å². The number of nitrogens with zero attached hydrogens (tertiary/aromatic N) is 2. The SMILES string of the molecule is CC(C#N)N(C)C(C)(C)C(=O)O. The molecule has 12 heavy (non-hydrogen) atoms. The average molecular weight is 170 g/mol. The lowest BCUT2D eigenvalue weighted by Gasteiger charge is -2.32. The van der Waals surface area contributed by atoms with Crippen molar-refractivity contribution in [2.24, 2.45) is 0 Å². The molecule has 0 rings (SSSR count). The Morgan fingerprint density at radius 3 is 2.33 bits per heavy atom. The van der Waals surface area contributed by atoms with Crippen molar-refractivity contribution in [3.8, 4) is 6.07 Å². The first kappa shape index (κ1) is 10.9. The van der Waals surface area contributed by atoms with Gasteiger partial charge in [-0.25, -0.2) is 0 Å². The molecule has 1 unspecified atom stereocenters. The Kier molecular flexibility index (Phi) is 3.23. The monoisotopic (exact) mass is 170 g/mol. The molecule has 0 aliphatic heterocycles. The Morgan fingerprint density at radius 2 is 2.08 bits per heavy atom. The molecule has 0 aromatic rings. The van der Waals surface area contributed by atoms with Crippen molar-refractivity contribution in [1.29, 1.82) is 5.26 Å². The fourth-order valence-corrected chi connectivity index (χ4v) is 0.722. The van der Waals surface area contributed by atoms with Crippen LogP contribution in [0.1, 0.15) is 20.8 Å². The maximum Gasteiger partial charge on any atom is 0.323 e. The molecule has 0 saturated heterocycles. The number of carbonyl (C=O) groups is 1. The Hall–Kier alpha value is -1.08. The second kappa shape index (κ2) is 3.55. The molecule has 0 saturated carbocycles. The molecule has 0 amide bonds. The van der Waals surface area contributed by atoms with Crippen LogP contribution in [-0.2, 0) is 4.79 Å². The van der Waals surface area contributed by atoms with Crippen LogP contribution in [0.2, 0.25) is 0 Å². The van der Waals surface area contributed by atoms with Crippen molar-refractivity contribution in [3.05, 3.63) is 0 Å². The minimum atomic E-state index is -0.991. The lowest BCUT2D eigenvalue weighted by Crippen LogP contribution is -2.51. The maximum absolute atomic E-state index is 10.7. The second-order valence-electron chi connectivity index (χ2n) is 3.28. The molecule has 1 N–H and O–H groups in total. The third-order valence-corrected chi connectivity index (χ3v) is 2.17. The zero-order valence-corrected chi connectivity index (χ0v) is 7.83. The average Bonchev–Trinajstić information content (AvgIpc) is 2.01. The van der Waals surface area contributed by atoms with Gasteiger partial charge in [-0.2, -0.15) is 5.26 Å². The van der Waals surface area contributed by atoms with Crippen LogP contribution in [0.4, 0.5) is 0 Å². The Bertz CT molecular complexity index is 218. The highest BCUT2D eigenvalue weighted by Crippen LogP contribution is 2.14. The van der Waals surface area contributed by atoms with Crippen LogP contribution in [0.3, 0.4) is 0 Å². The van der Waals surface area contributed by atoms with E-state index in [0.29, 0.717) is 0 Å². The summed E-state index contributed by atoms with van der Waals surface area (Å²) < 4.78 is 0. The highest BCUT2D eigenvalue weighted by atomic mass is 16.4. The molecule has 0 aliphatic rings. The molecule has 0 heterocycles. The summed E-state index contributed by atoms with van der Waals surface area (Å²) in [4.78, 5) is 12.3. The molecule has 0 aliphatic carbocycles. The van der Waals surface area contributed by atoms with Gasteiger partial charge in [-0.05, 0) is 27.8 Å². The van der Waals surface area contributed by atoms with Gasteiger partial charge in [0.1, 0.15) is 5.54 Å². The standard InChI is InChI=1S/C8H14N2O2/c1-6(5-9)10(4)8(2,3)7(11)12/h6H,1-4H3,(H,11,12). The van der Waals surface area contributed by atoms with Gasteiger partial charge in [-0.15, -0.1) is 0 Å². The zero-order valence-electron chi connectivity index (χ0n) is 7.83. The fourth-order valence-electron chi connectivity index (χ4n) is 0.722. The number of likely N-dealkylation sites (N-methyl/N-ethyl adjacent to an activating group) is 1. The first-order valence-electron chi connectivity index (χ1n) is 3.70. The van der Waals surface area contributed by atoms with Crippen LogP contribution >= 0.6 is 0 Å². The predicted octanol–water partition coefficient (Wildman–Crippen LogP) is 0.693. The van der Waals surface area contributed by atoms with Crippen LogP contribution in [0.5, 0.6) is 0 Å². The normalized spacial score (nSPS) is 14.0. The van der Waals surface area contributed by atoms with E-state index in [1.54, 1.807) is 27.8 Å². The summed E-state index contributed by atoms with van der Waals surface area (Å²) in [7, 11) is 1.63. The van der Waals surface area contributed by atoms with Crippen molar-refractivity contribution in [1.82, 2.24) is 4.90 Å². The highest BCUT2D eigenvalue weighted by molar-refractivity contribution is 5.77. The summed E-state index contributed by atoms with van der Waals surface area (Å²) in [5.74, 6) is -0.924. The molecule has 1 atom stereocenters. The number of aliphatic carboxylic acids is 1. The molecule has 0 aromatic carbocycles. The zero-order chi connectivity index (χ0) is 9.94. The van der Waals surface area contributed by atoms with Crippen LogP contribution in [-0.4, -0.2) is 34.6 Å². The topological polar surface area (TPSA) is 64.3 Å². The Morgan fingerprint density at radius 1 is 1.67 bits per heavy atom. The molecular formula is C8H14N2O2. The molecule has 4 heteroatoms. The lowest BCUT2D eigenvalue weighted by atomic mass is 10.0. The Balaban J connectivity index is 4.58. The molecule has 68 valence electrons. The fraction of sp³-hybridized carbons (Fsp3) is 0.750. The highest BCUT2D eigenvalue weighted by Gasteiger charge is 2.34. The first-order valence-corrected chi connectivity index (χ1v) is 3.70. The molecular weight excluding hydrogens is 156 g/mol. The Labute approximate surface area is 72.4 Å². The van der Waals surface area contributed by atoms with E-state index in [-0.39, 0.29) is 0 Å². The number of carboxylic acid groups (broad SMARTS) is 1. The second-order valence-corrected chi connectivity index (χ2v) is 3.28. The van der Waals surface area contributed by atoms with Crippen molar-refractivity contribution in [2.75, 3.05) is 7.05 Å². The molecule has 0 spiro atoms. The number of rotatable bonds is 3. The van der Waals surface area contributed by atoms with Crippen LogP contribution < -0.4 is 0 Å². The number of hydrogen-bond donors (Lipinski definition) is 1. The predicted molar refractivity (Wildman–Crippen MR) is 44.6 cm³/mol. The smallest absolute Gasteiger partial charge is 0.323 e. The maximum atomic E-state index is 10.7. The van der Waals surface area contributed by atoms with Crippen LogP contribution in [0.25, 0.3) is 0 Å². The molecule has 0 fully saturated rings. The number of nitriles is 1. The molecule has 0 aromatic heterocycles. The quantitative estimate of drug-likeness (QED) is 0.677. The van der Waals surface area contributed by atoms with E-state index < -0.39 is 17.6 Å². The van der Waals surface area contributed by atoms with Crippen molar-refractivity contribution in [3.63, 3.8) is 0 Å². The van der Waals surface area contributed by atoms with E-state index in [9.17, 15) is 4.79 Å².